The zero-order valence-corrected chi connectivity index (χ0v) is 10.6. The van der Waals surface area contributed by atoms with Crippen LogP contribution in [-0.4, -0.2) is 42.5 Å². The van der Waals surface area contributed by atoms with E-state index in [0.29, 0.717) is 26.2 Å². The Morgan fingerprint density at radius 3 is 2.94 bits per heavy atom. The number of nitrogens with one attached hydrogen (secondary N) is 2. The van der Waals surface area contributed by atoms with Crippen LogP contribution in [0.15, 0.2) is 6.20 Å². The van der Waals surface area contributed by atoms with Crippen molar-refractivity contribution in [2.24, 2.45) is 7.05 Å². The first kappa shape index (κ1) is 13.7. The maximum atomic E-state index is 11.3. The van der Waals surface area contributed by atoms with Gasteiger partial charge in [0, 0.05) is 39.0 Å². The van der Waals surface area contributed by atoms with Crippen LogP contribution in [0.4, 0.5) is 0 Å². The van der Waals surface area contributed by atoms with Crippen molar-refractivity contribution in [1.29, 1.82) is 0 Å². The summed E-state index contributed by atoms with van der Waals surface area (Å²) in [6.45, 7) is 3.99. The minimum atomic E-state index is -0.0245. The zero-order valence-electron chi connectivity index (χ0n) is 10.6. The molecular weight excluding hydrogens is 220 g/mol. The first-order chi connectivity index (χ1) is 8.13. The lowest BCUT2D eigenvalue weighted by Crippen LogP contribution is -2.35. The summed E-state index contributed by atoms with van der Waals surface area (Å²) in [5, 5.41) is 10.0. The molecule has 1 heterocycles. The summed E-state index contributed by atoms with van der Waals surface area (Å²) >= 11 is 0. The van der Waals surface area contributed by atoms with Crippen LogP contribution in [0.1, 0.15) is 11.3 Å². The molecule has 0 aliphatic heterocycles. The van der Waals surface area contributed by atoms with Crippen LogP contribution in [0.25, 0.3) is 0 Å². The van der Waals surface area contributed by atoms with E-state index in [9.17, 15) is 4.79 Å². The number of aromatic nitrogens is 2. The van der Waals surface area contributed by atoms with Gasteiger partial charge in [0.15, 0.2) is 0 Å². The van der Waals surface area contributed by atoms with Crippen molar-refractivity contribution in [3.63, 3.8) is 0 Å². The lowest BCUT2D eigenvalue weighted by molar-refractivity contribution is -0.120. The molecule has 1 amide bonds. The van der Waals surface area contributed by atoms with Gasteiger partial charge in [0.2, 0.25) is 5.91 Å². The first-order valence-electron chi connectivity index (χ1n) is 5.59. The standard InChI is InChI=1S/C11H20N4O2/c1-9-10(8-15(2)14-9)6-12-7-11(16)13-4-5-17-3/h8,12H,4-7H2,1-3H3,(H,13,16). The third-order valence-electron chi connectivity index (χ3n) is 2.34. The molecule has 96 valence electrons. The number of methoxy groups -OCH3 is 1. The number of ether oxygens (including phenoxy) is 1. The largest absolute Gasteiger partial charge is 0.383 e. The molecule has 0 unspecified atom stereocenters. The van der Waals surface area contributed by atoms with Crippen molar-refractivity contribution >= 4 is 5.91 Å². The highest BCUT2D eigenvalue weighted by molar-refractivity contribution is 5.77. The van der Waals surface area contributed by atoms with Gasteiger partial charge in [-0.3, -0.25) is 9.48 Å². The van der Waals surface area contributed by atoms with Gasteiger partial charge in [-0.1, -0.05) is 0 Å². The highest BCUT2D eigenvalue weighted by Crippen LogP contribution is 2.03. The maximum Gasteiger partial charge on any atom is 0.234 e. The van der Waals surface area contributed by atoms with Gasteiger partial charge in [-0.25, -0.2) is 0 Å². The molecule has 6 nitrogen and oxygen atoms in total. The Bertz CT molecular complexity index is 362. The lowest BCUT2D eigenvalue weighted by atomic mass is 10.2. The van der Waals surface area contributed by atoms with E-state index < -0.39 is 0 Å². The third kappa shape index (κ3) is 4.97. The summed E-state index contributed by atoms with van der Waals surface area (Å²) in [6.07, 6.45) is 1.95. The zero-order chi connectivity index (χ0) is 12.7. The predicted octanol–water partition coefficient (Wildman–Crippen LogP) is -0.419. The van der Waals surface area contributed by atoms with E-state index in [0.717, 1.165) is 11.3 Å². The Kier molecular flexibility index (Phi) is 5.65. The van der Waals surface area contributed by atoms with Gasteiger partial charge >= 0.3 is 0 Å². The average Bonchev–Trinajstić information content (AvgIpc) is 2.58. The van der Waals surface area contributed by atoms with Crippen LogP contribution >= 0.6 is 0 Å². The van der Waals surface area contributed by atoms with Crippen LogP contribution in [0.5, 0.6) is 0 Å². The van der Waals surface area contributed by atoms with Gasteiger partial charge in [0.05, 0.1) is 18.8 Å². The molecule has 0 fully saturated rings. The topological polar surface area (TPSA) is 68.2 Å². The summed E-state index contributed by atoms with van der Waals surface area (Å²) in [5.74, 6) is -0.0245. The summed E-state index contributed by atoms with van der Waals surface area (Å²) < 4.78 is 6.61. The van der Waals surface area contributed by atoms with Crippen LogP contribution in [-0.2, 0) is 23.1 Å². The van der Waals surface area contributed by atoms with Crippen molar-refractivity contribution in [2.75, 3.05) is 26.8 Å². The summed E-state index contributed by atoms with van der Waals surface area (Å²) in [4.78, 5) is 11.3. The smallest absolute Gasteiger partial charge is 0.234 e. The number of aryl methyl sites for hydroxylation is 2. The fourth-order valence-corrected chi connectivity index (χ4v) is 1.49. The summed E-state index contributed by atoms with van der Waals surface area (Å²) in [5.41, 5.74) is 2.09. The predicted molar refractivity (Wildman–Crippen MR) is 64.5 cm³/mol. The molecule has 0 aliphatic rings. The number of nitrogens with zero attached hydrogens (tertiary/aromatic N) is 2. The second-order valence-corrected chi connectivity index (χ2v) is 3.86. The molecule has 0 radical (unpaired) electrons. The van der Waals surface area contributed by atoms with Gasteiger partial charge in [-0.2, -0.15) is 5.10 Å². The molecule has 6 heteroatoms. The fourth-order valence-electron chi connectivity index (χ4n) is 1.49. The average molecular weight is 240 g/mol. The van der Waals surface area contributed by atoms with Crippen molar-refractivity contribution < 1.29 is 9.53 Å². The van der Waals surface area contributed by atoms with Gasteiger partial charge in [0.25, 0.3) is 0 Å². The molecule has 0 bridgehead atoms. The lowest BCUT2D eigenvalue weighted by Gasteiger charge is -2.05. The van der Waals surface area contributed by atoms with E-state index in [1.807, 2.05) is 20.2 Å². The van der Waals surface area contributed by atoms with E-state index in [-0.39, 0.29) is 5.91 Å². The molecule has 2 N–H and O–H groups in total. The second-order valence-electron chi connectivity index (χ2n) is 3.86. The fraction of sp³-hybridized carbons (Fsp3) is 0.636. The number of carbonyl (C=O) groups excluding carboxylic acids is 1. The van der Waals surface area contributed by atoms with Gasteiger partial charge in [-0.15, -0.1) is 0 Å². The Hall–Kier alpha value is -1.40. The molecule has 0 aromatic carbocycles. The van der Waals surface area contributed by atoms with Gasteiger partial charge < -0.3 is 15.4 Å². The van der Waals surface area contributed by atoms with Crippen molar-refractivity contribution in [2.45, 2.75) is 13.5 Å². The Morgan fingerprint density at radius 2 is 2.35 bits per heavy atom. The Morgan fingerprint density at radius 1 is 1.59 bits per heavy atom. The molecule has 17 heavy (non-hydrogen) atoms. The van der Waals surface area contributed by atoms with E-state index >= 15 is 0 Å². The summed E-state index contributed by atoms with van der Waals surface area (Å²) in [7, 11) is 3.49. The second kappa shape index (κ2) is 7.03. The van der Waals surface area contributed by atoms with Crippen molar-refractivity contribution in [3.8, 4) is 0 Å². The summed E-state index contributed by atoms with van der Waals surface area (Å²) in [6, 6.07) is 0. The number of hydrogen-bond acceptors (Lipinski definition) is 4. The monoisotopic (exact) mass is 240 g/mol. The molecule has 0 saturated heterocycles. The molecule has 0 spiro atoms. The molecule has 0 atom stereocenters. The minimum absolute atomic E-state index is 0.0245. The van der Waals surface area contributed by atoms with E-state index in [2.05, 4.69) is 15.7 Å². The van der Waals surface area contributed by atoms with E-state index in [1.54, 1.807) is 11.8 Å². The normalized spacial score (nSPS) is 10.5. The number of hydrogen-bond donors (Lipinski definition) is 2. The quantitative estimate of drug-likeness (QED) is 0.635. The van der Waals surface area contributed by atoms with Crippen LogP contribution in [0.3, 0.4) is 0 Å². The first-order valence-corrected chi connectivity index (χ1v) is 5.59. The van der Waals surface area contributed by atoms with E-state index in [4.69, 9.17) is 4.74 Å². The van der Waals surface area contributed by atoms with Crippen molar-refractivity contribution in [1.82, 2.24) is 20.4 Å². The molecule has 1 aromatic heterocycles. The maximum absolute atomic E-state index is 11.3. The van der Waals surface area contributed by atoms with Gasteiger partial charge in [0.1, 0.15) is 0 Å². The molecule has 0 aliphatic carbocycles. The SMILES string of the molecule is COCCNC(=O)CNCc1cn(C)nc1C. The number of amides is 1. The van der Waals surface area contributed by atoms with Crippen LogP contribution in [0.2, 0.25) is 0 Å². The van der Waals surface area contributed by atoms with Crippen LogP contribution < -0.4 is 10.6 Å². The van der Waals surface area contributed by atoms with E-state index in [1.165, 1.54) is 0 Å². The Labute approximate surface area is 101 Å². The van der Waals surface area contributed by atoms with Gasteiger partial charge in [-0.05, 0) is 6.92 Å². The molecule has 1 rings (SSSR count). The number of carbonyl (C=O) groups is 1. The third-order valence-corrected chi connectivity index (χ3v) is 2.34. The molecule has 0 saturated carbocycles. The number of rotatable bonds is 7. The van der Waals surface area contributed by atoms with Crippen molar-refractivity contribution in [3.05, 3.63) is 17.5 Å². The highest BCUT2D eigenvalue weighted by Gasteiger charge is 2.04. The molecule has 1 aromatic rings. The Balaban J connectivity index is 2.19. The minimum Gasteiger partial charge on any atom is -0.383 e. The highest BCUT2D eigenvalue weighted by atomic mass is 16.5. The molecular formula is C11H20N4O2. The van der Waals surface area contributed by atoms with Crippen LogP contribution in [0, 0.1) is 6.92 Å².